The van der Waals surface area contributed by atoms with E-state index in [1.54, 1.807) is 0 Å². The molecule has 0 saturated heterocycles. The Balaban J connectivity index is 1.49. The van der Waals surface area contributed by atoms with Gasteiger partial charge in [0.15, 0.2) is 0 Å². The van der Waals surface area contributed by atoms with Gasteiger partial charge in [-0.1, -0.05) is 115 Å². The number of rotatable bonds is 20. The molecule has 0 saturated carbocycles. The van der Waals surface area contributed by atoms with Crippen molar-refractivity contribution in [3.8, 4) is 0 Å². The van der Waals surface area contributed by atoms with Gasteiger partial charge in [-0.05, 0) is 36.8 Å². The fraction of sp³-hybridized carbons (Fsp3) is 0.588. The highest BCUT2D eigenvalue weighted by Gasteiger charge is 2.33. The van der Waals surface area contributed by atoms with Crippen molar-refractivity contribution < 1.29 is 19.2 Å². The van der Waals surface area contributed by atoms with Gasteiger partial charge in [0.2, 0.25) is 0 Å². The van der Waals surface area contributed by atoms with Crippen molar-refractivity contribution in [1.29, 1.82) is 0 Å². The van der Waals surface area contributed by atoms with E-state index in [1.807, 2.05) is 24.3 Å². The van der Waals surface area contributed by atoms with Crippen molar-refractivity contribution in [2.24, 2.45) is 0 Å². The van der Waals surface area contributed by atoms with Crippen LogP contribution in [0.15, 0.2) is 47.6 Å². The summed E-state index contributed by atoms with van der Waals surface area (Å²) in [5.41, 5.74) is 2.71. The summed E-state index contributed by atoms with van der Waals surface area (Å²) >= 11 is 0. The lowest BCUT2D eigenvalue weighted by Gasteiger charge is -2.20. The maximum Gasteiger partial charge on any atom is 0.257 e. The van der Waals surface area contributed by atoms with Gasteiger partial charge in [0.25, 0.3) is 23.6 Å². The van der Waals surface area contributed by atoms with Crippen molar-refractivity contribution in [3.05, 3.63) is 58.7 Å². The van der Waals surface area contributed by atoms with E-state index < -0.39 is 0 Å². The second kappa shape index (κ2) is 16.9. The van der Waals surface area contributed by atoms with Crippen LogP contribution in [0.3, 0.4) is 0 Å². The first-order valence-corrected chi connectivity index (χ1v) is 15.7. The number of unbranched alkanes of at least 4 members (excludes halogenated alkanes) is 12. The average Bonchev–Trinajstić information content (AvgIpc) is 3.37. The molecule has 218 valence electrons. The monoisotopic (exact) mass is 548 g/mol. The molecule has 0 fully saturated rings. The van der Waals surface area contributed by atoms with Gasteiger partial charge in [0.1, 0.15) is 0 Å². The van der Waals surface area contributed by atoms with Crippen LogP contribution in [-0.2, 0) is 32.3 Å². The van der Waals surface area contributed by atoms with E-state index in [0.717, 1.165) is 49.7 Å². The lowest BCUT2D eigenvalue weighted by Crippen LogP contribution is -2.33. The Kier molecular flexibility index (Phi) is 13.3. The van der Waals surface area contributed by atoms with Gasteiger partial charge < -0.3 is 0 Å². The van der Waals surface area contributed by atoms with E-state index in [9.17, 15) is 19.2 Å². The molecule has 0 atom stereocenters. The number of nitrogens with zero attached hydrogens (tertiary/aromatic N) is 2. The standard InChI is InChI=1S/C34H48N2O4/c1-3-5-7-9-11-13-15-19-27-23-31(37)35(33(27)39)25-29-21-17-18-22-30(29)26-36-32(38)24-28(34(36)40)20-16-14-12-10-8-6-4-2/h17-18,21-24H,3-16,19-20,25-26H2,1-2H3. The van der Waals surface area contributed by atoms with Crippen molar-refractivity contribution in [2.45, 2.75) is 130 Å². The van der Waals surface area contributed by atoms with Crippen molar-refractivity contribution in [3.63, 3.8) is 0 Å². The highest BCUT2D eigenvalue weighted by Crippen LogP contribution is 2.26. The molecule has 0 radical (unpaired) electrons. The Hall–Kier alpha value is -3.02. The van der Waals surface area contributed by atoms with Crippen LogP contribution < -0.4 is 0 Å². The summed E-state index contributed by atoms with van der Waals surface area (Å²) in [6.07, 6.45) is 20.5. The summed E-state index contributed by atoms with van der Waals surface area (Å²) in [4.78, 5) is 54.1. The molecule has 6 nitrogen and oxygen atoms in total. The Labute approximate surface area is 240 Å². The number of carbonyl (C=O) groups excluding carboxylic acids is 4. The molecule has 0 unspecified atom stereocenters. The zero-order valence-electron chi connectivity index (χ0n) is 24.7. The lowest BCUT2D eigenvalue weighted by molar-refractivity contribution is -0.139. The molecular formula is C34H48N2O4. The number of amides is 4. The fourth-order valence-corrected chi connectivity index (χ4v) is 5.53. The highest BCUT2D eigenvalue weighted by atomic mass is 16.2. The van der Waals surface area contributed by atoms with Crippen LogP contribution >= 0.6 is 0 Å². The van der Waals surface area contributed by atoms with Crippen molar-refractivity contribution in [1.82, 2.24) is 9.80 Å². The van der Waals surface area contributed by atoms with E-state index >= 15 is 0 Å². The van der Waals surface area contributed by atoms with Gasteiger partial charge in [0, 0.05) is 23.3 Å². The maximum atomic E-state index is 13.0. The van der Waals surface area contributed by atoms with E-state index in [0.29, 0.717) is 24.0 Å². The zero-order valence-corrected chi connectivity index (χ0v) is 24.7. The molecule has 0 N–H and O–H groups in total. The molecule has 0 bridgehead atoms. The van der Waals surface area contributed by atoms with Gasteiger partial charge >= 0.3 is 0 Å². The molecule has 1 aromatic carbocycles. The Morgan fingerprint density at radius 3 is 1.23 bits per heavy atom. The quantitative estimate of drug-likeness (QED) is 0.124. The van der Waals surface area contributed by atoms with Gasteiger partial charge in [-0.2, -0.15) is 0 Å². The third-order valence-electron chi connectivity index (χ3n) is 8.04. The van der Waals surface area contributed by atoms with Crippen molar-refractivity contribution >= 4 is 23.6 Å². The molecule has 2 aliphatic rings. The number of carbonyl (C=O) groups is 4. The summed E-state index contributed by atoms with van der Waals surface area (Å²) < 4.78 is 0. The van der Waals surface area contributed by atoms with Crippen LogP contribution in [0.25, 0.3) is 0 Å². The molecule has 3 rings (SSSR count). The maximum absolute atomic E-state index is 13.0. The lowest BCUT2D eigenvalue weighted by atomic mass is 10.0. The van der Waals surface area contributed by atoms with E-state index in [4.69, 9.17) is 0 Å². The SMILES string of the molecule is CCCCCCCCCC1=CC(=O)N(Cc2ccccc2CN2C(=O)C=C(CCCCCCCCC)C2=O)C1=O. The second-order valence-electron chi connectivity index (χ2n) is 11.3. The highest BCUT2D eigenvalue weighted by molar-refractivity contribution is 6.16. The molecular weight excluding hydrogens is 500 g/mol. The van der Waals surface area contributed by atoms with Crippen LogP contribution in [0.2, 0.25) is 0 Å². The minimum atomic E-state index is -0.287. The van der Waals surface area contributed by atoms with Crippen LogP contribution in [0.1, 0.15) is 128 Å². The first kappa shape index (κ1) is 31.5. The summed E-state index contributed by atoms with van der Waals surface area (Å²) in [5.74, 6) is -1.02. The Morgan fingerprint density at radius 1 is 0.500 bits per heavy atom. The summed E-state index contributed by atoms with van der Waals surface area (Å²) in [7, 11) is 0. The van der Waals surface area contributed by atoms with Gasteiger partial charge in [-0.3, -0.25) is 29.0 Å². The summed E-state index contributed by atoms with van der Waals surface area (Å²) in [6, 6.07) is 7.44. The first-order valence-electron chi connectivity index (χ1n) is 15.7. The molecule has 4 amide bonds. The molecule has 40 heavy (non-hydrogen) atoms. The molecule has 0 aliphatic carbocycles. The Bertz CT molecular complexity index is 1000. The zero-order chi connectivity index (χ0) is 28.7. The minimum absolute atomic E-state index is 0.138. The smallest absolute Gasteiger partial charge is 0.257 e. The van der Waals surface area contributed by atoms with Crippen molar-refractivity contribution in [2.75, 3.05) is 0 Å². The van der Waals surface area contributed by atoms with Gasteiger partial charge in [-0.15, -0.1) is 0 Å². The van der Waals surface area contributed by atoms with Crippen LogP contribution in [0, 0.1) is 0 Å². The normalized spacial score (nSPS) is 15.4. The van der Waals surface area contributed by atoms with Crippen LogP contribution in [0.5, 0.6) is 0 Å². The first-order chi connectivity index (χ1) is 19.5. The molecule has 2 aliphatic heterocycles. The predicted octanol–water partition coefficient (Wildman–Crippen LogP) is 7.56. The third kappa shape index (κ3) is 9.28. The topological polar surface area (TPSA) is 74.8 Å². The number of benzene rings is 1. The third-order valence-corrected chi connectivity index (χ3v) is 8.04. The van der Waals surface area contributed by atoms with Crippen LogP contribution in [-0.4, -0.2) is 33.4 Å². The summed E-state index contributed by atoms with van der Waals surface area (Å²) in [6.45, 7) is 4.69. The van der Waals surface area contributed by atoms with E-state index in [-0.39, 0.29) is 36.7 Å². The molecule has 6 heteroatoms. The Morgan fingerprint density at radius 2 is 0.850 bits per heavy atom. The number of imide groups is 2. The molecule has 2 heterocycles. The second-order valence-corrected chi connectivity index (χ2v) is 11.3. The number of hydrogen-bond donors (Lipinski definition) is 0. The van der Waals surface area contributed by atoms with Gasteiger partial charge in [0.05, 0.1) is 13.1 Å². The number of hydrogen-bond acceptors (Lipinski definition) is 4. The van der Waals surface area contributed by atoms with Crippen LogP contribution in [0.4, 0.5) is 0 Å². The van der Waals surface area contributed by atoms with E-state index in [2.05, 4.69) is 13.8 Å². The predicted molar refractivity (Wildman–Crippen MR) is 159 cm³/mol. The minimum Gasteiger partial charge on any atom is -0.271 e. The average molecular weight is 549 g/mol. The molecule has 0 spiro atoms. The fourth-order valence-electron chi connectivity index (χ4n) is 5.53. The van der Waals surface area contributed by atoms with E-state index in [1.165, 1.54) is 73.3 Å². The largest absolute Gasteiger partial charge is 0.271 e. The van der Waals surface area contributed by atoms with Gasteiger partial charge in [-0.25, -0.2) is 0 Å². The molecule has 1 aromatic rings. The molecule has 0 aromatic heterocycles. The summed E-state index contributed by atoms with van der Waals surface area (Å²) in [5, 5.41) is 0.